The van der Waals surface area contributed by atoms with Gasteiger partial charge in [-0.25, -0.2) is 0 Å². The molecular formula is C15H17NO. The highest BCUT2D eigenvalue weighted by Gasteiger charge is 1.94. The smallest absolute Gasteiger partial charge is 0.147 e. The van der Waals surface area contributed by atoms with Gasteiger partial charge in [0.1, 0.15) is 5.75 Å². The number of benzene rings is 2. The third-order valence-corrected chi connectivity index (χ3v) is 2.64. The summed E-state index contributed by atoms with van der Waals surface area (Å²) in [5.41, 5.74) is 5.53. The molecule has 0 atom stereocenters. The minimum Gasteiger partial charge on any atom is -0.408 e. The normalized spacial score (nSPS) is 10.2. The second kappa shape index (κ2) is 6.06. The maximum absolute atomic E-state index is 5.42. The van der Waals surface area contributed by atoms with Crippen molar-refractivity contribution < 1.29 is 4.84 Å². The van der Waals surface area contributed by atoms with Gasteiger partial charge in [-0.05, 0) is 29.7 Å². The van der Waals surface area contributed by atoms with Crippen molar-refractivity contribution in [3.8, 4) is 5.75 Å². The summed E-state index contributed by atoms with van der Waals surface area (Å²) in [6.45, 7) is 2.87. The summed E-state index contributed by atoms with van der Waals surface area (Å²) < 4.78 is 0. The van der Waals surface area contributed by atoms with Gasteiger partial charge in [0.05, 0.1) is 6.54 Å². The lowest BCUT2D eigenvalue weighted by molar-refractivity contribution is 0.190. The van der Waals surface area contributed by atoms with Crippen LogP contribution in [0.25, 0.3) is 0 Å². The summed E-state index contributed by atoms with van der Waals surface area (Å²) in [5, 5.41) is 0. The first-order chi connectivity index (χ1) is 8.38. The molecule has 0 heterocycles. The van der Waals surface area contributed by atoms with Crippen molar-refractivity contribution in [2.45, 2.75) is 19.9 Å². The Bertz CT molecular complexity index is 436. The number of rotatable bonds is 5. The molecule has 0 unspecified atom stereocenters. The molecule has 0 amide bonds. The van der Waals surface area contributed by atoms with E-state index in [2.05, 4.69) is 36.7 Å². The van der Waals surface area contributed by atoms with Gasteiger partial charge in [-0.15, -0.1) is 0 Å². The van der Waals surface area contributed by atoms with E-state index >= 15 is 0 Å². The molecule has 17 heavy (non-hydrogen) atoms. The Hall–Kier alpha value is -1.80. The standard InChI is InChI=1S/C15H17NO/c1-2-13-8-10-14(11-9-13)12-16-17-15-6-4-3-5-7-15/h3-11,16H,2,12H2,1H3. The van der Waals surface area contributed by atoms with E-state index < -0.39 is 0 Å². The predicted octanol–water partition coefficient (Wildman–Crippen LogP) is 3.33. The third-order valence-electron chi connectivity index (χ3n) is 2.64. The molecule has 2 nitrogen and oxygen atoms in total. The molecule has 0 spiro atoms. The number of hydrogen-bond acceptors (Lipinski definition) is 2. The van der Waals surface area contributed by atoms with Crippen LogP contribution in [0.5, 0.6) is 5.75 Å². The van der Waals surface area contributed by atoms with E-state index in [0.717, 1.165) is 12.2 Å². The first-order valence-electron chi connectivity index (χ1n) is 5.91. The van der Waals surface area contributed by atoms with Crippen LogP contribution in [0.4, 0.5) is 0 Å². The number of nitrogens with one attached hydrogen (secondary N) is 1. The SMILES string of the molecule is CCc1ccc(CNOc2ccccc2)cc1. The molecule has 0 fully saturated rings. The number of hydroxylamine groups is 1. The van der Waals surface area contributed by atoms with Crippen LogP contribution in [-0.4, -0.2) is 0 Å². The molecule has 2 aromatic rings. The maximum Gasteiger partial charge on any atom is 0.147 e. The van der Waals surface area contributed by atoms with E-state index in [1.165, 1.54) is 11.1 Å². The first kappa shape index (κ1) is 11.7. The fourth-order valence-electron chi connectivity index (χ4n) is 1.58. The molecule has 0 aromatic heterocycles. The fourth-order valence-corrected chi connectivity index (χ4v) is 1.58. The molecule has 2 heteroatoms. The Morgan fingerprint density at radius 3 is 2.18 bits per heavy atom. The summed E-state index contributed by atoms with van der Waals surface area (Å²) in [5.74, 6) is 0.831. The Kier molecular flexibility index (Phi) is 4.17. The molecule has 0 saturated heterocycles. The van der Waals surface area contributed by atoms with Crippen LogP contribution in [-0.2, 0) is 13.0 Å². The molecule has 0 bridgehead atoms. The van der Waals surface area contributed by atoms with Gasteiger partial charge in [0.2, 0.25) is 0 Å². The lowest BCUT2D eigenvalue weighted by Gasteiger charge is -2.07. The highest BCUT2D eigenvalue weighted by atomic mass is 16.6. The molecule has 0 radical (unpaired) electrons. The molecule has 0 aliphatic heterocycles. The van der Waals surface area contributed by atoms with Crippen molar-refractivity contribution in [3.05, 3.63) is 65.7 Å². The summed E-state index contributed by atoms with van der Waals surface area (Å²) >= 11 is 0. The maximum atomic E-state index is 5.42. The summed E-state index contributed by atoms with van der Waals surface area (Å²) in [4.78, 5) is 5.42. The Balaban J connectivity index is 1.82. The lowest BCUT2D eigenvalue weighted by Crippen LogP contribution is -2.17. The van der Waals surface area contributed by atoms with Crippen LogP contribution in [0, 0.1) is 0 Å². The van der Waals surface area contributed by atoms with Gasteiger partial charge >= 0.3 is 0 Å². The van der Waals surface area contributed by atoms with E-state index in [1.54, 1.807) is 0 Å². The zero-order chi connectivity index (χ0) is 11.9. The largest absolute Gasteiger partial charge is 0.408 e. The average molecular weight is 227 g/mol. The Morgan fingerprint density at radius 2 is 1.53 bits per heavy atom. The monoisotopic (exact) mass is 227 g/mol. The highest BCUT2D eigenvalue weighted by molar-refractivity contribution is 5.23. The van der Waals surface area contributed by atoms with E-state index in [0.29, 0.717) is 6.54 Å². The van der Waals surface area contributed by atoms with Gasteiger partial charge in [-0.3, -0.25) is 0 Å². The fraction of sp³-hybridized carbons (Fsp3) is 0.200. The van der Waals surface area contributed by atoms with Gasteiger partial charge in [-0.1, -0.05) is 49.4 Å². The quantitative estimate of drug-likeness (QED) is 0.791. The summed E-state index contributed by atoms with van der Waals surface area (Å²) in [6.07, 6.45) is 1.08. The topological polar surface area (TPSA) is 21.3 Å². The Labute approximate surface area is 102 Å². The van der Waals surface area contributed by atoms with Crippen molar-refractivity contribution >= 4 is 0 Å². The van der Waals surface area contributed by atoms with Crippen LogP contribution in [0.1, 0.15) is 18.1 Å². The van der Waals surface area contributed by atoms with Crippen LogP contribution < -0.4 is 10.3 Å². The Morgan fingerprint density at radius 1 is 0.882 bits per heavy atom. The van der Waals surface area contributed by atoms with Crippen LogP contribution >= 0.6 is 0 Å². The number of aryl methyl sites for hydroxylation is 1. The zero-order valence-electron chi connectivity index (χ0n) is 10.0. The number of hydrogen-bond donors (Lipinski definition) is 1. The number of para-hydroxylation sites is 1. The van der Waals surface area contributed by atoms with E-state index in [4.69, 9.17) is 4.84 Å². The molecule has 0 saturated carbocycles. The van der Waals surface area contributed by atoms with E-state index in [1.807, 2.05) is 30.3 Å². The summed E-state index contributed by atoms with van der Waals surface area (Å²) in [7, 11) is 0. The lowest BCUT2D eigenvalue weighted by atomic mass is 10.1. The van der Waals surface area contributed by atoms with Crippen molar-refractivity contribution in [1.29, 1.82) is 0 Å². The molecule has 0 aliphatic rings. The van der Waals surface area contributed by atoms with Gasteiger partial charge in [0, 0.05) is 0 Å². The second-order valence-electron chi connectivity index (χ2n) is 3.91. The summed E-state index contributed by atoms with van der Waals surface area (Å²) in [6, 6.07) is 18.3. The minimum atomic E-state index is 0.707. The van der Waals surface area contributed by atoms with E-state index in [-0.39, 0.29) is 0 Å². The minimum absolute atomic E-state index is 0.707. The molecule has 1 N–H and O–H groups in total. The van der Waals surface area contributed by atoms with Crippen molar-refractivity contribution in [2.75, 3.05) is 0 Å². The van der Waals surface area contributed by atoms with Gasteiger partial charge < -0.3 is 4.84 Å². The van der Waals surface area contributed by atoms with Crippen molar-refractivity contribution in [2.24, 2.45) is 0 Å². The van der Waals surface area contributed by atoms with Crippen LogP contribution in [0.15, 0.2) is 54.6 Å². The molecule has 2 aromatic carbocycles. The predicted molar refractivity (Wildman–Crippen MR) is 69.7 cm³/mol. The van der Waals surface area contributed by atoms with Crippen LogP contribution in [0.3, 0.4) is 0 Å². The second-order valence-corrected chi connectivity index (χ2v) is 3.91. The van der Waals surface area contributed by atoms with E-state index in [9.17, 15) is 0 Å². The van der Waals surface area contributed by atoms with Crippen molar-refractivity contribution in [1.82, 2.24) is 5.48 Å². The van der Waals surface area contributed by atoms with Gasteiger partial charge in [-0.2, -0.15) is 5.48 Å². The molecule has 0 aliphatic carbocycles. The first-order valence-corrected chi connectivity index (χ1v) is 5.91. The molecule has 88 valence electrons. The molecular weight excluding hydrogens is 210 g/mol. The van der Waals surface area contributed by atoms with Crippen LogP contribution in [0.2, 0.25) is 0 Å². The van der Waals surface area contributed by atoms with Gasteiger partial charge in [0.25, 0.3) is 0 Å². The highest BCUT2D eigenvalue weighted by Crippen LogP contribution is 2.08. The third kappa shape index (κ3) is 3.61. The molecule has 2 rings (SSSR count). The van der Waals surface area contributed by atoms with Gasteiger partial charge in [0.15, 0.2) is 0 Å². The zero-order valence-corrected chi connectivity index (χ0v) is 10.0. The average Bonchev–Trinajstić information content (AvgIpc) is 2.41. The van der Waals surface area contributed by atoms with Crippen molar-refractivity contribution in [3.63, 3.8) is 0 Å².